The first-order valence-electron chi connectivity index (χ1n) is 22.7. The van der Waals surface area contributed by atoms with Gasteiger partial charge in [-0.2, -0.15) is 0 Å². The molecule has 408 valence electrons. The molecule has 0 saturated carbocycles. The Hall–Kier alpha value is -6.37. The van der Waals surface area contributed by atoms with Crippen molar-refractivity contribution in [1.29, 1.82) is 0 Å². The first kappa shape index (κ1) is 66.6. The maximum Gasteiger partial charge on any atom is 0.350 e. The lowest BCUT2D eigenvalue weighted by Gasteiger charge is -2.21. The highest BCUT2D eigenvalue weighted by atomic mass is 32.1. The zero-order valence-corrected chi connectivity index (χ0v) is 46.2. The minimum Gasteiger partial charge on any atom is -0.494 e. The number of aliphatic carboxylic acids is 3. The molecule has 2 atom stereocenters. The predicted molar refractivity (Wildman–Crippen MR) is 281 cm³/mol. The van der Waals surface area contributed by atoms with Gasteiger partial charge in [0.15, 0.2) is 44.7 Å². The Morgan fingerprint density at radius 1 is 0.671 bits per heavy atom. The highest BCUT2D eigenvalue weighted by Gasteiger charge is 2.32. The fourth-order valence-corrected chi connectivity index (χ4v) is 5.83. The third-order valence-corrected chi connectivity index (χ3v) is 10.5. The summed E-state index contributed by atoms with van der Waals surface area (Å²) in [5.74, 6) is -3.71. The number of oxime groups is 3. The van der Waals surface area contributed by atoms with Crippen molar-refractivity contribution in [2.24, 2.45) is 42.9 Å². The van der Waals surface area contributed by atoms with E-state index >= 15 is 0 Å². The van der Waals surface area contributed by atoms with Crippen LogP contribution < -0.4 is 21.9 Å². The molecule has 0 amide bonds. The van der Waals surface area contributed by atoms with E-state index in [0.29, 0.717) is 27.3 Å². The number of Topliss-reactive ketones (excluding diaryl/α,β-unsaturated/α-hetero) is 3. The Balaban J connectivity index is 0.00000100. The first-order chi connectivity index (χ1) is 33.2. The van der Waals surface area contributed by atoms with Crippen molar-refractivity contribution in [2.75, 3.05) is 24.7 Å². The Kier molecular flexibility index (Phi) is 26.8. The molecular formula is C49H76N8O14S2. The summed E-state index contributed by atoms with van der Waals surface area (Å²) in [4.78, 5) is 86.6. The molecule has 3 rings (SSSR count). The standard InChI is InChI=1S/C17H24N2O5.C14H21N3O4S.C12H17N3O4S.C6H14O/c1-17(2,3)10-14(20)15(19-23)11-4-6-12(7-5-11)24-9-8-13(18)16(21)22;1-13(2,3)6-9(18)10(8-7-22-12(15)16-8)17-21-14(4,5)11(19)20;1-12(2,3)4-8(16)10(15-19-5-9(17)18)7-6-20-11(13)14-7;1-5(7)6(2,3)4/h4-7,13,23H,8-10,18H2,1-3H3,(H,21,22);7H,6H2,1-5H3,(H2,15,16)(H,19,20);6H,4-5H2,1-3H3,(H2,13,14)(H,17,18);5,7H,1-4H3/b19-15+;17-10+;15-10+;. The van der Waals surface area contributed by atoms with Gasteiger partial charge in [-0.15, -0.1) is 22.7 Å². The number of benzene rings is 1. The number of nitrogens with zero attached hydrogens (tertiary/aromatic N) is 5. The van der Waals surface area contributed by atoms with E-state index in [4.69, 9.17) is 52.4 Å². The number of rotatable bonds is 20. The number of carboxylic acids is 3. The smallest absolute Gasteiger partial charge is 0.350 e. The molecule has 3 aromatic rings. The van der Waals surface area contributed by atoms with Gasteiger partial charge in [0, 0.05) is 42.0 Å². The Morgan fingerprint density at radius 3 is 1.38 bits per heavy atom. The average Bonchev–Trinajstić information content (AvgIpc) is 3.85. The van der Waals surface area contributed by atoms with Crippen LogP contribution >= 0.6 is 22.7 Å². The number of anilines is 2. The van der Waals surface area contributed by atoms with Gasteiger partial charge in [0.2, 0.25) is 12.2 Å². The second-order valence-corrected chi connectivity index (χ2v) is 23.5. The van der Waals surface area contributed by atoms with Crippen LogP contribution in [0.15, 0.2) is 50.5 Å². The molecule has 0 aliphatic carbocycles. The van der Waals surface area contributed by atoms with Gasteiger partial charge >= 0.3 is 17.9 Å². The van der Waals surface area contributed by atoms with Gasteiger partial charge in [-0.3, -0.25) is 19.2 Å². The van der Waals surface area contributed by atoms with Gasteiger partial charge in [0.1, 0.15) is 23.2 Å². The lowest BCUT2D eigenvalue weighted by molar-refractivity contribution is -0.161. The summed E-state index contributed by atoms with van der Waals surface area (Å²) in [5, 5.41) is 58.5. The quantitative estimate of drug-likeness (QED) is 0.0312. The molecule has 0 fully saturated rings. The van der Waals surface area contributed by atoms with Gasteiger partial charge in [-0.25, -0.2) is 19.6 Å². The van der Waals surface area contributed by atoms with Crippen molar-refractivity contribution in [3.63, 3.8) is 0 Å². The fourth-order valence-electron chi connectivity index (χ4n) is 4.73. The van der Waals surface area contributed by atoms with Gasteiger partial charge in [-0.05, 0) is 66.7 Å². The molecule has 0 aliphatic heterocycles. The van der Waals surface area contributed by atoms with Crippen LogP contribution in [0.2, 0.25) is 0 Å². The number of aromatic nitrogens is 2. The predicted octanol–water partition coefficient (Wildman–Crippen LogP) is 7.31. The van der Waals surface area contributed by atoms with Crippen LogP contribution in [-0.2, 0) is 38.4 Å². The third-order valence-electron chi connectivity index (χ3n) is 9.11. The number of carbonyl (C=O) groups excluding carboxylic acids is 3. The number of nitrogen functional groups attached to an aromatic ring is 2. The number of aliphatic hydroxyl groups excluding tert-OH is 1. The van der Waals surface area contributed by atoms with Crippen LogP contribution in [0.3, 0.4) is 0 Å². The largest absolute Gasteiger partial charge is 0.494 e. The van der Waals surface area contributed by atoms with E-state index in [1.165, 1.54) is 36.5 Å². The molecule has 2 unspecified atom stereocenters. The fraction of sp³-hybridized carbons (Fsp3) is 0.571. The van der Waals surface area contributed by atoms with E-state index in [1.54, 1.807) is 41.9 Å². The SMILES string of the molecule is CC(C)(C)CC(=O)/C(=N/O)c1ccc(OCCC(N)C(=O)O)cc1.CC(C)(C)CC(=O)/C(=N/OC(C)(C)C(=O)O)c1csc(N)n1.CC(C)(C)CC(=O)/C(=N/OCC(=O)O)c1csc(N)n1.CC(O)C(C)(C)C. The van der Waals surface area contributed by atoms with Crippen molar-refractivity contribution < 1.29 is 68.8 Å². The number of carboxylic acid groups (broad SMARTS) is 3. The van der Waals surface area contributed by atoms with Crippen molar-refractivity contribution >= 4 is 85.3 Å². The summed E-state index contributed by atoms with van der Waals surface area (Å²) in [6.07, 6.45) is 0.703. The number of carbonyl (C=O) groups is 6. The molecule has 0 spiro atoms. The number of nitrogens with two attached hydrogens (primary N) is 3. The maximum atomic E-state index is 12.4. The van der Waals surface area contributed by atoms with E-state index in [-0.39, 0.29) is 100 Å². The second kappa shape index (κ2) is 29.4. The number of hydrogen-bond acceptors (Lipinski definition) is 21. The number of ether oxygens (including phenoxy) is 1. The lowest BCUT2D eigenvalue weighted by atomic mass is 9.87. The molecule has 0 aliphatic rings. The molecule has 0 saturated heterocycles. The molecule has 0 bridgehead atoms. The molecule has 1 aromatic carbocycles. The summed E-state index contributed by atoms with van der Waals surface area (Å²) in [5.41, 5.74) is 15.4. The summed E-state index contributed by atoms with van der Waals surface area (Å²) in [6.45, 7) is 27.4. The molecule has 11 N–H and O–H groups in total. The van der Waals surface area contributed by atoms with Gasteiger partial charge in [0.05, 0.1) is 12.7 Å². The monoisotopic (exact) mass is 1060 g/mol. The zero-order chi connectivity index (χ0) is 56.9. The topological polar surface area (TPSA) is 372 Å². The Bertz CT molecular complexity index is 2380. The van der Waals surface area contributed by atoms with Gasteiger partial charge < -0.3 is 57.2 Å². The van der Waals surface area contributed by atoms with Gasteiger partial charge in [-0.1, -0.05) is 98.6 Å². The molecule has 24 heteroatoms. The van der Waals surface area contributed by atoms with E-state index < -0.39 is 36.2 Å². The van der Waals surface area contributed by atoms with Crippen molar-refractivity contribution in [2.45, 2.75) is 147 Å². The van der Waals surface area contributed by atoms with Crippen LogP contribution in [0.25, 0.3) is 0 Å². The summed E-state index contributed by atoms with van der Waals surface area (Å²) in [7, 11) is 0. The van der Waals surface area contributed by atoms with Crippen LogP contribution in [0, 0.1) is 21.7 Å². The van der Waals surface area contributed by atoms with E-state index in [9.17, 15) is 28.8 Å². The molecule has 2 aromatic heterocycles. The Labute approximate surface area is 435 Å². The molecule has 2 heterocycles. The van der Waals surface area contributed by atoms with Crippen molar-refractivity contribution in [3.8, 4) is 5.75 Å². The minimum absolute atomic E-state index is 0.00405. The summed E-state index contributed by atoms with van der Waals surface area (Å²) < 4.78 is 5.41. The molecule has 73 heavy (non-hydrogen) atoms. The maximum absolute atomic E-state index is 12.4. The summed E-state index contributed by atoms with van der Waals surface area (Å²) >= 11 is 2.34. The van der Waals surface area contributed by atoms with Crippen LogP contribution in [0.4, 0.5) is 10.3 Å². The highest BCUT2D eigenvalue weighted by Crippen LogP contribution is 2.25. The number of thiazole rings is 2. The lowest BCUT2D eigenvalue weighted by Crippen LogP contribution is -2.34. The summed E-state index contributed by atoms with van der Waals surface area (Å²) in [6, 6.07) is 5.51. The van der Waals surface area contributed by atoms with Gasteiger partial charge in [0.25, 0.3) is 0 Å². The van der Waals surface area contributed by atoms with Crippen LogP contribution in [0.1, 0.15) is 146 Å². The zero-order valence-electron chi connectivity index (χ0n) is 44.6. The van der Waals surface area contributed by atoms with Crippen LogP contribution in [0.5, 0.6) is 5.75 Å². The van der Waals surface area contributed by atoms with Crippen molar-refractivity contribution in [3.05, 3.63) is 52.0 Å². The second-order valence-electron chi connectivity index (χ2n) is 21.7. The van der Waals surface area contributed by atoms with E-state index in [2.05, 4.69) is 30.3 Å². The van der Waals surface area contributed by atoms with E-state index in [1.807, 2.05) is 83.1 Å². The number of ketones is 3. The highest BCUT2D eigenvalue weighted by molar-refractivity contribution is 7.14. The Morgan fingerprint density at radius 2 is 1.07 bits per heavy atom. The first-order valence-corrected chi connectivity index (χ1v) is 24.5. The van der Waals surface area contributed by atoms with E-state index in [0.717, 1.165) is 0 Å². The molecule has 22 nitrogen and oxygen atoms in total. The van der Waals surface area contributed by atoms with Crippen LogP contribution in [-0.4, -0.2) is 119 Å². The minimum atomic E-state index is -1.55. The normalized spacial score (nSPS) is 13.3. The average molecular weight is 1070 g/mol. The third kappa shape index (κ3) is 28.5. The number of aliphatic hydroxyl groups is 1. The van der Waals surface area contributed by atoms with Crippen molar-refractivity contribution in [1.82, 2.24) is 9.97 Å². The molecular weight excluding hydrogens is 989 g/mol. The number of hydrogen-bond donors (Lipinski definition) is 8. The molecule has 0 radical (unpaired) electrons.